The SMILES string of the molecule is CCC(C(=O)O)n1nc2ccc(Br)cc2n1. The summed E-state index contributed by atoms with van der Waals surface area (Å²) in [7, 11) is 0. The lowest BCUT2D eigenvalue weighted by Crippen LogP contribution is -2.20. The molecule has 16 heavy (non-hydrogen) atoms. The molecule has 6 heteroatoms. The number of hydrogen-bond acceptors (Lipinski definition) is 3. The minimum absolute atomic E-state index is 0.456. The van der Waals surface area contributed by atoms with Crippen LogP contribution in [0.3, 0.4) is 0 Å². The number of nitrogens with zero attached hydrogens (tertiary/aromatic N) is 3. The van der Waals surface area contributed by atoms with E-state index in [0.29, 0.717) is 17.5 Å². The van der Waals surface area contributed by atoms with Gasteiger partial charge in [0.25, 0.3) is 0 Å². The highest BCUT2D eigenvalue weighted by molar-refractivity contribution is 9.10. The van der Waals surface area contributed by atoms with E-state index < -0.39 is 12.0 Å². The van der Waals surface area contributed by atoms with Crippen molar-refractivity contribution in [2.45, 2.75) is 19.4 Å². The third kappa shape index (κ3) is 1.92. The average molecular weight is 284 g/mol. The molecule has 0 radical (unpaired) electrons. The summed E-state index contributed by atoms with van der Waals surface area (Å²) < 4.78 is 0.899. The Kier molecular flexibility index (Phi) is 2.91. The first-order valence-electron chi connectivity index (χ1n) is 4.86. The van der Waals surface area contributed by atoms with Crippen LogP contribution in [-0.2, 0) is 4.79 Å². The van der Waals surface area contributed by atoms with Crippen molar-refractivity contribution in [1.82, 2.24) is 15.0 Å². The van der Waals surface area contributed by atoms with Gasteiger partial charge in [0.1, 0.15) is 11.0 Å². The fraction of sp³-hybridized carbons (Fsp3) is 0.300. The van der Waals surface area contributed by atoms with Gasteiger partial charge in [0.2, 0.25) is 0 Å². The van der Waals surface area contributed by atoms with Crippen molar-refractivity contribution >= 4 is 32.9 Å². The summed E-state index contributed by atoms with van der Waals surface area (Å²) in [5.74, 6) is -0.915. The maximum Gasteiger partial charge on any atom is 0.330 e. The number of carboxylic acid groups (broad SMARTS) is 1. The molecular formula is C10H10BrN3O2. The first kappa shape index (κ1) is 11.1. The number of fused-ring (bicyclic) bond motifs is 1. The van der Waals surface area contributed by atoms with E-state index in [4.69, 9.17) is 5.11 Å². The number of benzene rings is 1. The van der Waals surface area contributed by atoms with E-state index in [2.05, 4.69) is 26.1 Å². The molecule has 0 amide bonds. The van der Waals surface area contributed by atoms with Gasteiger partial charge < -0.3 is 5.11 Å². The first-order chi connectivity index (χ1) is 7.61. The van der Waals surface area contributed by atoms with Crippen molar-refractivity contribution < 1.29 is 9.90 Å². The van der Waals surface area contributed by atoms with E-state index >= 15 is 0 Å². The molecule has 0 aliphatic carbocycles. The van der Waals surface area contributed by atoms with Gasteiger partial charge in [0.15, 0.2) is 6.04 Å². The monoisotopic (exact) mass is 283 g/mol. The van der Waals surface area contributed by atoms with Gasteiger partial charge in [0.05, 0.1) is 0 Å². The zero-order valence-corrected chi connectivity index (χ0v) is 10.2. The van der Waals surface area contributed by atoms with E-state index in [1.54, 1.807) is 13.0 Å². The summed E-state index contributed by atoms with van der Waals surface area (Å²) in [4.78, 5) is 12.2. The molecule has 1 unspecified atom stereocenters. The highest BCUT2D eigenvalue weighted by Crippen LogP contribution is 2.18. The van der Waals surface area contributed by atoms with Crippen molar-refractivity contribution in [3.05, 3.63) is 22.7 Å². The molecule has 0 saturated carbocycles. The van der Waals surface area contributed by atoms with Crippen LogP contribution >= 0.6 is 15.9 Å². The average Bonchev–Trinajstić information content (AvgIpc) is 2.60. The molecule has 0 spiro atoms. The van der Waals surface area contributed by atoms with Crippen molar-refractivity contribution in [3.63, 3.8) is 0 Å². The van der Waals surface area contributed by atoms with Crippen LogP contribution in [0.25, 0.3) is 11.0 Å². The van der Waals surface area contributed by atoms with Crippen LogP contribution in [0.15, 0.2) is 22.7 Å². The van der Waals surface area contributed by atoms with Crippen LogP contribution in [0.5, 0.6) is 0 Å². The molecule has 0 saturated heterocycles. The minimum Gasteiger partial charge on any atom is -0.480 e. The summed E-state index contributed by atoms with van der Waals surface area (Å²) in [5.41, 5.74) is 1.39. The number of aromatic nitrogens is 3. The van der Waals surface area contributed by atoms with Gasteiger partial charge in [0, 0.05) is 4.47 Å². The van der Waals surface area contributed by atoms with Gasteiger partial charge in [-0.25, -0.2) is 4.79 Å². The molecule has 1 aromatic heterocycles. The topological polar surface area (TPSA) is 68.0 Å². The van der Waals surface area contributed by atoms with Crippen molar-refractivity contribution in [2.24, 2.45) is 0 Å². The Hall–Kier alpha value is -1.43. The number of carbonyl (C=O) groups is 1. The molecule has 0 fully saturated rings. The zero-order valence-electron chi connectivity index (χ0n) is 8.59. The number of hydrogen-bond donors (Lipinski definition) is 1. The summed E-state index contributed by atoms with van der Waals surface area (Å²) in [6.07, 6.45) is 0.456. The smallest absolute Gasteiger partial charge is 0.330 e. The molecule has 2 rings (SSSR count). The Morgan fingerprint density at radius 1 is 1.50 bits per heavy atom. The molecule has 0 aliphatic rings. The minimum atomic E-state index is -0.915. The summed E-state index contributed by atoms with van der Waals surface area (Å²) in [6.45, 7) is 1.79. The molecule has 2 aromatic rings. The van der Waals surface area contributed by atoms with Gasteiger partial charge >= 0.3 is 5.97 Å². The van der Waals surface area contributed by atoms with Gasteiger partial charge in [-0.3, -0.25) is 0 Å². The van der Waals surface area contributed by atoms with Crippen molar-refractivity contribution in [1.29, 1.82) is 0 Å². The second-order valence-corrected chi connectivity index (χ2v) is 4.33. The maximum atomic E-state index is 11.0. The molecule has 84 valence electrons. The van der Waals surface area contributed by atoms with Gasteiger partial charge in [-0.1, -0.05) is 22.9 Å². The second-order valence-electron chi connectivity index (χ2n) is 3.42. The van der Waals surface area contributed by atoms with E-state index in [1.807, 2.05) is 12.1 Å². The van der Waals surface area contributed by atoms with E-state index in [9.17, 15) is 4.79 Å². The highest BCUT2D eigenvalue weighted by Gasteiger charge is 2.19. The zero-order chi connectivity index (χ0) is 11.7. The molecular weight excluding hydrogens is 274 g/mol. The van der Waals surface area contributed by atoms with Gasteiger partial charge in [-0.2, -0.15) is 15.0 Å². The molecule has 5 nitrogen and oxygen atoms in total. The van der Waals surface area contributed by atoms with Crippen LogP contribution in [0.1, 0.15) is 19.4 Å². The maximum absolute atomic E-state index is 11.0. The summed E-state index contributed by atoms with van der Waals surface area (Å²) >= 11 is 3.33. The van der Waals surface area contributed by atoms with Crippen LogP contribution in [0.4, 0.5) is 0 Å². The lowest BCUT2D eigenvalue weighted by Gasteiger charge is -2.06. The Morgan fingerprint density at radius 3 is 2.81 bits per heavy atom. The third-order valence-electron chi connectivity index (χ3n) is 2.31. The second kappa shape index (κ2) is 4.21. The third-order valence-corrected chi connectivity index (χ3v) is 2.80. The van der Waals surface area contributed by atoms with Crippen LogP contribution < -0.4 is 0 Å². The molecule has 1 aromatic carbocycles. The lowest BCUT2D eigenvalue weighted by molar-refractivity contribution is -0.141. The van der Waals surface area contributed by atoms with Gasteiger partial charge in [-0.05, 0) is 24.6 Å². The first-order valence-corrected chi connectivity index (χ1v) is 5.66. The predicted octanol–water partition coefficient (Wildman–Crippen LogP) is 2.23. The molecule has 1 atom stereocenters. The predicted molar refractivity (Wildman–Crippen MR) is 62.2 cm³/mol. The fourth-order valence-electron chi connectivity index (χ4n) is 1.48. The Morgan fingerprint density at radius 2 is 2.19 bits per heavy atom. The van der Waals surface area contributed by atoms with E-state index in [1.165, 1.54) is 4.80 Å². The van der Waals surface area contributed by atoms with E-state index in [-0.39, 0.29) is 0 Å². The van der Waals surface area contributed by atoms with Crippen LogP contribution in [-0.4, -0.2) is 26.1 Å². The fourth-order valence-corrected chi connectivity index (χ4v) is 1.83. The number of rotatable bonds is 3. The normalized spacial score (nSPS) is 12.9. The number of carboxylic acids is 1. The van der Waals surface area contributed by atoms with Crippen molar-refractivity contribution in [3.8, 4) is 0 Å². The molecule has 1 heterocycles. The van der Waals surface area contributed by atoms with E-state index in [0.717, 1.165) is 4.47 Å². The van der Waals surface area contributed by atoms with Gasteiger partial charge in [-0.15, -0.1) is 0 Å². The van der Waals surface area contributed by atoms with Crippen LogP contribution in [0.2, 0.25) is 0 Å². The quantitative estimate of drug-likeness (QED) is 0.938. The van der Waals surface area contributed by atoms with Crippen molar-refractivity contribution in [2.75, 3.05) is 0 Å². The largest absolute Gasteiger partial charge is 0.480 e. The number of aliphatic carboxylic acids is 1. The Balaban J connectivity index is 2.49. The Labute approximate surface area is 100 Å². The number of halogens is 1. The highest BCUT2D eigenvalue weighted by atomic mass is 79.9. The summed E-state index contributed by atoms with van der Waals surface area (Å²) in [5, 5.41) is 17.3. The Bertz CT molecular complexity index is 538. The lowest BCUT2D eigenvalue weighted by atomic mass is 10.2. The standard InChI is InChI=1S/C10H10BrN3O2/c1-2-9(10(15)16)14-12-7-4-3-6(11)5-8(7)13-14/h3-5,9H,2H2,1H3,(H,15,16). The van der Waals surface area contributed by atoms with Crippen LogP contribution in [0, 0.1) is 0 Å². The summed E-state index contributed by atoms with van der Waals surface area (Å²) in [6, 6.07) is 4.76. The molecule has 1 N–H and O–H groups in total. The molecule has 0 bridgehead atoms. The molecule has 0 aliphatic heterocycles.